The number of nitrogen functional groups attached to an aromatic ring is 1. The Labute approximate surface area is 129 Å². The van der Waals surface area contributed by atoms with Gasteiger partial charge in [-0.1, -0.05) is 23.7 Å². The maximum absolute atomic E-state index is 6.04. The standard InChI is InChI=1S/C16H18ClNOS/c1-12-4-2-5-15(16(12)18)20-11-3-10-19-14-8-6-13(17)7-9-14/h2,4-9H,3,10-11,18H2,1H3. The van der Waals surface area contributed by atoms with Gasteiger partial charge >= 0.3 is 0 Å². The van der Waals surface area contributed by atoms with Crippen LogP contribution >= 0.6 is 23.4 Å². The molecule has 0 amide bonds. The van der Waals surface area contributed by atoms with Gasteiger partial charge in [-0.2, -0.15) is 0 Å². The van der Waals surface area contributed by atoms with Gasteiger partial charge in [0.05, 0.1) is 6.61 Å². The van der Waals surface area contributed by atoms with Crippen LogP contribution in [-0.2, 0) is 0 Å². The summed E-state index contributed by atoms with van der Waals surface area (Å²) in [6, 6.07) is 13.6. The lowest BCUT2D eigenvalue weighted by Gasteiger charge is -2.08. The predicted molar refractivity (Wildman–Crippen MR) is 87.9 cm³/mol. The van der Waals surface area contributed by atoms with Gasteiger partial charge in [0.15, 0.2) is 0 Å². The normalized spacial score (nSPS) is 10.5. The molecule has 2 N–H and O–H groups in total. The lowest BCUT2D eigenvalue weighted by atomic mass is 10.2. The van der Waals surface area contributed by atoms with Crippen molar-refractivity contribution >= 4 is 29.1 Å². The fraction of sp³-hybridized carbons (Fsp3) is 0.250. The highest BCUT2D eigenvalue weighted by molar-refractivity contribution is 7.99. The molecule has 106 valence electrons. The van der Waals surface area contributed by atoms with Gasteiger partial charge in [0.25, 0.3) is 0 Å². The summed E-state index contributed by atoms with van der Waals surface area (Å²) in [5.74, 6) is 1.84. The molecule has 0 spiro atoms. The summed E-state index contributed by atoms with van der Waals surface area (Å²) in [6.07, 6.45) is 0.973. The molecule has 20 heavy (non-hydrogen) atoms. The zero-order valence-electron chi connectivity index (χ0n) is 11.4. The molecule has 0 aromatic heterocycles. The molecular weight excluding hydrogens is 290 g/mol. The Hall–Kier alpha value is -1.32. The summed E-state index contributed by atoms with van der Waals surface area (Å²) in [7, 11) is 0. The molecule has 2 nitrogen and oxygen atoms in total. The molecule has 0 unspecified atom stereocenters. The molecule has 0 aliphatic rings. The Balaban J connectivity index is 1.71. The first kappa shape index (κ1) is 15.1. The van der Waals surface area contributed by atoms with Gasteiger partial charge in [-0.15, -0.1) is 11.8 Å². The van der Waals surface area contributed by atoms with Crippen molar-refractivity contribution in [3.63, 3.8) is 0 Å². The molecule has 2 rings (SSSR count). The number of hydrogen-bond donors (Lipinski definition) is 1. The topological polar surface area (TPSA) is 35.2 Å². The molecular formula is C16H18ClNOS. The van der Waals surface area contributed by atoms with Crippen molar-refractivity contribution < 1.29 is 4.74 Å². The van der Waals surface area contributed by atoms with E-state index in [4.69, 9.17) is 22.1 Å². The van der Waals surface area contributed by atoms with Crippen LogP contribution in [-0.4, -0.2) is 12.4 Å². The molecule has 0 heterocycles. The minimum absolute atomic E-state index is 0.695. The lowest BCUT2D eigenvalue weighted by molar-refractivity contribution is 0.319. The third-order valence-electron chi connectivity index (χ3n) is 2.91. The van der Waals surface area contributed by atoms with Gasteiger partial charge in [0.1, 0.15) is 5.75 Å². The Kier molecular flexibility index (Phi) is 5.62. The number of nitrogens with two attached hydrogens (primary N) is 1. The summed E-state index contributed by atoms with van der Waals surface area (Å²) < 4.78 is 5.65. The van der Waals surface area contributed by atoms with E-state index in [1.165, 1.54) is 0 Å². The van der Waals surface area contributed by atoms with Crippen LogP contribution in [0.4, 0.5) is 5.69 Å². The average Bonchev–Trinajstić information content (AvgIpc) is 2.45. The van der Waals surface area contributed by atoms with Crippen LogP contribution in [0, 0.1) is 6.92 Å². The van der Waals surface area contributed by atoms with Gasteiger partial charge in [-0.25, -0.2) is 0 Å². The third-order valence-corrected chi connectivity index (χ3v) is 4.32. The quantitative estimate of drug-likeness (QED) is 0.473. The summed E-state index contributed by atoms with van der Waals surface area (Å²) in [5, 5.41) is 0.725. The fourth-order valence-electron chi connectivity index (χ4n) is 1.74. The largest absolute Gasteiger partial charge is 0.494 e. The average molecular weight is 308 g/mol. The lowest BCUT2D eigenvalue weighted by Crippen LogP contribution is -1.99. The molecule has 0 radical (unpaired) electrons. The highest BCUT2D eigenvalue weighted by Gasteiger charge is 2.02. The second-order valence-electron chi connectivity index (χ2n) is 4.49. The van der Waals surface area contributed by atoms with Gasteiger partial charge < -0.3 is 10.5 Å². The van der Waals surface area contributed by atoms with E-state index in [2.05, 4.69) is 6.07 Å². The highest BCUT2D eigenvalue weighted by Crippen LogP contribution is 2.27. The SMILES string of the molecule is Cc1cccc(SCCCOc2ccc(Cl)cc2)c1N. The molecule has 0 aliphatic carbocycles. The minimum atomic E-state index is 0.695. The second kappa shape index (κ2) is 7.46. The molecule has 0 atom stereocenters. The molecule has 2 aromatic rings. The summed E-state index contributed by atoms with van der Waals surface area (Å²) in [5.41, 5.74) is 8.06. The van der Waals surface area contributed by atoms with Crippen LogP contribution in [0.25, 0.3) is 0 Å². The smallest absolute Gasteiger partial charge is 0.119 e. The number of thioether (sulfide) groups is 1. The van der Waals surface area contributed by atoms with E-state index in [1.807, 2.05) is 43.3 Å². The maximum Gasteiger partial charge on any atom is 0.119 e. The van der Waals surface area contributed by atoms with Crippen molar-refractivity contribution in [3.8, 4) is 5.75 Å². The minimum Gasteiger partial charge on any atom is -0.494 e. The number of para-hydroxylation sites is 1. The van der Waals surface area contributed by atoms with E-state index in [-0.39, 0.29) is 0 Å². The number of aryl methyl sites for hydroxylation is 1. The van der Waals surface area contributed by atoms with Crippen LogP contribution in [0.5, 0.6) is 5.75 Å². The third kappa shape index (κ3) is 4.36. The number of halogens is 1. The number of hydrogen-bond acceptors (Lipinski definition) is 3. The zero-order chi connectivity index (χ0) is 14.4. The Morgan fingerprint density at radius 2 is 1.90 bits per heavy atom. The fourth-order valence-corrected chi connectivity index (χ4v) is 2.84. The molecule has 4 heteroatoms. The first-order chi connectivity index (χ1) is 9.66. The van der Waals surface area contributed by atoms with Crippen LogP contribution in [0.1, 0.15) is 12.0 Å². The molecule has 0 bridgehead atoms. The number of ether oxygens (including phenoxy) is 1. The Morgan fingerprint density at radius 1 is 1.15 bits per heavy atom. The molecule has 0 aliphatic heterocycles. The van der Waals surface area contributed by atoms with Crippen LogP contribution < -0.4 is 10.5 Å². The van der Waals surface area contributed by atoms with E-state index in [1.54, 1.807) is 11.8 Å². The first-order valence-corrected chi connectivity index (χ1v) is 7.89. The van der Waals surface area contributed by atoms with Crippen molar-refractivity contribution in [2.75, 3.05) is 18.1 Å². The van der Waals surface area contributed by atoms with Gasteiger partial charge in [-0.3, -0.25) is 0 Å². The molecule has 0 saturated carbocycles. The van der Waals surface area contributed by atoms with Gasteiger partial charge in [0, 0.05) is 21.4 Å². The van der Waals surface area contributed by atoms with Crippen molar-refractivity contribution in [2.45, 2.75) is 18.2 Å². The van der Waals surface area contributed by atoms with Crippen LogP contribution in [0.15, 0.2) is 47.4 Å². The van der Waals surface area contributed by atoms with Crippen molar-refractivity contribution in [2.24, 2.45) is 0 Å². The van der Waals surface area contributed by atoms with Crippen molar-refractivity contribution in [1.29, 1.82) is 0 Å². The number of rotatable bonds is 6. The summed E-state index contributed by atoms with van der Waals surface area (Å²) in [4.78, 5) is 1.15. The van der Waals surface area contributed by atoms with Crippen molar-refractivity contribution in [1.82, 2.24) is 0 Å². The predicted octanol–water partition coefficient (Wildman–Crippen LogP) is 4.79. The Morgan fingerprint density at radius 3 is 2.65 bits per heavy atom. The van der Waals surface area contributed by atoms with Crippen molar-refractivity contribution in [3.05, 3.63) is 53.1 Å². The van der Waals surface area contributed by atoms with E-state index in [0.717, 1.165) is 39.1 Å². The van der Waals surface area contributed by atoms with Gasteiger partial charge in [-0.05, 0) is 49.2 Å². The van der Waals surface area contributed by atoms with E-state index < -0.39 is 0 Å². The maximum atomic E-state index is 6.04. The highest BCUT2D eigenvalue weighted by atomic mass is 35.5. The first-order valence-electron chi connectivity index (χ1n) is 6.53. The zero-order valence-corrected chi connectivity index (χ0v) is 13.0. The van der Waals surface area contributed by atoms with E-state index in [0.29, 0.717) is 6.61 Å². The van der Waals surface area contributed by atoms with Crippen LogP contribution in [0.2, 0.25) is 5.02 Å². The van der Waals surface area contributed by atoms with E-state index in [9.17, 15) is 0 Å². The molecule has 0 saturated heterocycles. The van der Waals surface area contributed by atoms with Crippen LogP contribution in [0.3, 0.4) is 0 Å². The Bertz CT molecular complexity index is 557. The monoisotopic (exact) mass is 307 g/mol. The summed E-state index contributed by atoms with van der Waals surface area (Å²) >= 11 is 7.59. The molecule has 0 fully saturated rings. The molecule has 2 aromatic carbocycles. The number of benzene rings is 2. The second-order valence-corrected chi connectivity index (χ2v) is 6.06. The van der Waals surface area contributed by atoms with E-state index >= 15 is 0 Å². The van der Waals surface area contributed by atoms with Gasteiger partial charge in [0.2, 0.25) is 0 Å². The number of anilines is 1. The summed E-state index contributed by atoms with van der Waals surface area (Å²) in [6.45, 7) is 2.73.